The number of hydrogen-bond donors (Lipinski definition) is 2. The number of ether oxygens (including phenoxy) is 1. The highest BCUT2D eigenvalue weighted by Gasteiger charge is 2.28. The molecule has 1 amide bonds. The molecule has 0 spiro atoms. The van der Waals surface area contributed by atoms with Crippen LogP contribution in [0, 0.1) is 16.0 Å². The maximum absolute atomic E-state index is 12.2. The Morgan fingerprint density at radius 3 is 2.81 bits per heavy atom. The molecule has 2 N–H and O–H groups in total. The van der Waals surface area contributed by atoms with Gasteiger partial charge in [-0.05, 0) is 57.2 Å². The average Bonchev–Trinajstić information content (AvgIpc) is 2.58. The van der Waals surface area contributed by atoms with E-state index in [1.165, 1.54) is 12.1 Å². The minimum absolute atomic E-state index is 0.0259. The second-order valence-electron chi connectivity index (χ2n) is 7.58. The number of anilines is 1. The fourth-order valence-corrected chi connectivity index (χ4v) is 2.96. The van der Waals surface area contributed by atoms with Crippen molar-refractivity contribution in [2.45, 2.75) is 45.8 Å². The third-order valence-electron chi connectivity index (χ3n) is 4.19. The predicted molar refractivity (Wildman–Crippen MR) is 98.0 cm³/mol. The summed E-state index contributed by atoms with van der Waals surface area (Å²) in [5.41, 5.74) is 0.434. The highest BCUT2D eigenvalue weighted by atomic mass is 16.6. The smallest absolute Gasteiger partial charge is 0.410 e. The van der Waals surface area contributed by atoms with Gasteiger partial charge in [0.1, 0.15) is 11.3 Å². The third-order valence-corrected chi connectivity index (χ3v) is 4.19. The van der Waals surface area contributed by atoms with Crippen molar-refractivity contribution < 1.29 is 19.6 Å². The van der Waals surface area contributed by atoms with Gasteiger partial charge >= 0.3 is 6.09 Å². The van der Waals surface area contributed by atoms with Crippen LogP contribution in [0.25, 0.3) is 0 Å². The van der Waals surface area contributed by atoms with Crippen LogP contribution in [0.5, 0.6) is 0 Å². The molecule has 0 saturated carbocycles. The van der Waals surface area contributed by atoms with Gasteiger partial charge in [0.15, 0.2) is 0 Å². The van der Waals surface area contributed by atoms with Crippen LogP contribution in [0.4, 0.5) is 16.2 Å². The number of piperidine rings is 1. The summed E-state index contributed by atoms with van der Waals surface area (Å²) < 4.78 is 5.42. The number of carbonyl (C=O) groups is 1. The summed E-state index contributed by atoms with van der Waals surface area (Å²) in [5.74, 6) is 0.175. The minimum Gasteiger partial charge on any atom is -0.444 e. The molecule has 0 aromatic heterocycles. The molecule has 8 nitrogen and oxygen atoms in total. The Hall–Kier alpha value is -2.35. The van der Waals surface area contributed by atoms with E-state index in [9.17, 15) is 20.0 Å². The van der Waals surface area contributed by atoms with Crippen LogP contribution in [0.1, 0.15) is 39.2 Å². The molecule has 1 aliphatic heterocycles. The normalized spacial score (nSPS) is 17.7. The summed E-state index contributed by atoms with van der Waals surface area (Å²) in [6, 6.07) is 4.52. The fraction of sp³-hybridized carbons (Fsp3) is 0.611. The lowest BCUT2D eigenvalue weighted by Crippen LogP contribution is -2.44. The van der Waals surface area contributed by atoms with E-state index in [0.717, 1.165) is 12.8 Å². The molecule has 0 radical (unpaired) electrons. The first-order valence-corrected chi connectivity index (χ1v) is 8.79. The van der Waals surface area contributed by atoms with Crippen molar-refractivity contribution in [1.29, 1.82) is 0 Å². The Labute approximate surface area is 153 Å². The van der Waals surface area contributed by atoms with Gasteiger partial charge < -0.3 is 20.1 Å². The molecule has 0 bridgehead atoms. The van der Waals surface area contributed by atoms with Crippen LogP contribution in [0.3, 0.4) is 0 Å². The number of nitro benzene ring substituents is 1. The predicted octanol–water partition coefficient (Wildman–Crippen LogP) is 3.15. The maximum atomic E-state index is 12.2. The van der Waals surface area contributed by atoms with E-state index in [2.05, 4.69) is 5.32 Å². The van der Waals surface area contributed by atoms with Crippen molar-refractivity contribution in [3.8, 4) is 0 Å². The van der Waals surface area contributed by atoms with E-state index in [1.54, 1.807) is 11.0 Å². The lowest BCUT2D eigenvalue weighted by Gasteiger charge is -2.34. The minimum atomic E-state index is -0.534. The highest BCUT2D eigenvalue weighted by Crippen LogP contribution is 2.27. The van der Waals surface area contributed by atoms with E-state index < -0.39 is 10.5 Å². The first-order valence-electron chi connectivity index (χ1n) is 8.79. The Kier molecular flexibility index (Phi) is 6.42. The number of nitrogens with zero attached hydrogens (tertiary/aromatic N) is 2. The van der Waals surface area contributed by atoms with Gasteiger partial charge in [0, 0.05) is 25.7 Å². The van der Waals surface area contributed by atoms with Crippen LogP contribution in [-0.2, 0) is 11.3 Å². The SMILES string of the molecule is CC(C)(C)OC(=O)N1CCCC(CNc2cc(CO)ccc2[N+](=O)[O-])C1. The summed E-state index contributed by atoms with van der Waals surface area (Å²) in [7, 11) is 0. The van der Waals surface area contributed by atoms with E-state index in [0.29, 0.717) is 30.9 Å². The number of amides is 1. The third kappa shape index (κ3) is 5.59. The number of carbonyl (C=O) groups excluding carboxylic acids is 1. The lowest BCUT2D eigenvalue weighted by atomic mass is 9.98. The van der Waals surface area contributed by atoms with Crippen molar-refractivity contribution in [2.75, 3.05) is 25.0 Å². The Morgan fingerprint density at radius 2 is 2.19 bits per heavy atom. The van der Waals surface area contributed by atoms with Crippen LogP contribution in [0.15, 0.2) is 18.2 Å². The molecule has 1 fully saturated rings. The molecular formula is C18H27N3O5. The molecule has 1 aliphatic rings. The zero-order chi connectivity index (χ0) is 19.3. The fourth-order valence-electron chi connectivity index (χ4n) is 2.96. The van der Waals surface area contributed by atoms with Crippen molar-refractivity contribution in [3.63, 3.8) is 0 Å². The summed E-state index contributed by atoms with van der Waals surface area (Å²) in [6.45, 7) is 7.04. The zero-order valence-corrected chi connectivity index (χ0v) is 15.5. The number of hydrogen-bond acceptors (Lipinski definition) is 6. The highest BCUT2D eigenvalue weighted by molar-refractivity contribution is 5.68. The Morgan fingerprint density at radius 1 is 1.46 bits per heavy atom. The van der Waals surface area contributed by atoms with Gasteiger partial charge in [-0.25, -0.2) is 4.79 Å². The average molecular weight is 365 g/mol. The molecule has 1 aromatic carbocycles. The number of nitrogens with one attached hydrogen (secondary N) is 1. The van der Waals surface area contributed by atoms with Gasteiger partial charge in [-0.2, -0.15) is 0 Å². The van der Waals surface area contributed by atoms with E-state index >= 15 is 0 Å². The zero-order valence-electron chi connectivity index (χ0n) is 15.5. The monoisotopic (exact) mass is 365 g/mol. The summed E-state index contributed by atoms with van der Waals surface area (Å²) in [4.78, 5) is 24.7. The van der Waals surface area contributed by atoms with Crippen LogP contribution in [0.2, 0.25) is 0 Å². The molecule has 1 saturated heterocycles. The van der Waals surface area contributed by atoms with E-state index in [1.807, 2.05) is 20.8 Å². The molecule has 1 aromatic rings. The molecule has 0 aliphatic carbocycles. The molecule has 1 heterocycles. The maximum Gasteiger partial charge on any atom is 0.410 e. The van der Waals surface area contributed by atoms with Crippen molar-refractivity contribution in [1.82, 2.24) is 4.90 Å². The number of aliphatic hydroxyl groups excluding tert-OH is 1. The second kappa shape index (κ2) is 8.35. The molecule has 2 rings (SSSR count). The van der Waals surface area contributed by atoms with Gasteiger partial charge in [-0.3, -0.25) is 10.1 Å². The number of benzene rings is 1. The molecule has 8 heteroatoms. The standard InChI is InChI=1S/C18H27N3O5/c1-18(2,3)26-17(23)20-8-4-5-14(11-20)10-19-15-9-13(12-22)6-7-16(15)21(24)25/h6-7,9,14,19,22H,4-5,8,10-12H2,1-3H3. The Balaban J connectivity index is 1.99. The Bertz CT molecular complexity index is 657. The van der Waals surface area contributed by atoms with Crippen molar-refractivity contribution in [3.05, 3.63) is 33.9 Å². The van der Waals surface area contributed by atoms with Gasteiger partial charge in [-0.15, -0.1) is 0 Å². The lowest BCUT2D eigenvalue weighted by molar-refractivity contribution is -0.384. The van der Waals surface area contributed by atoms with Gasteiger partial charge in [0.2, 0.25) is 0 Å². The number of nitro groups is 1. The molecule has 1 atom stereocenters. The van der Waals surface area contributed by atoms with E-state index in [-0.39, 0.29) is 24.3 Å². The van der Waals surface area contributed by atoms with Gasteiger partial charge in [0.25, 0.3) is 5.69 Å². The largest absolute Gasteiger partial charge is 0.444 e. The number of rotatable bonds is 5. The van der Waals surface area contributed by atoms with Crippen molar-refractivity contribution in [2.24, 2.45) is 5.92 Å². The van der Waals surface area contributed by atoms with Crippen LogP contribution >= 0.6 is 0 Å². The summed E-state index contributed by atoms with van der Waals surface area (Å²) in [5, 5.41) is 23.5. The molecule has 1 unspecified atom stereocenters. The summed E-state index contributed by atoms with van der Waals surface area (Å²) >= 11 is 0. The number of aliphatic hydroxyl groups is 1. The first-order chi connectivity index (χ1) is 12.2. The van der Waals surface area contributed by atoms with Crippen LogP contribution in [-0.4, -0.2) is 46.3 Å². The van der Waals surface area contributed by atoms with Gasteiger partial charge in [-0.1, -0.05) is 0 Å². The van der Waals surface area contributed by atoms with E-state index in [4.69, 9.17) is 4.74 Å². The van der Waals surface area contributed by atoms with Crippen LogP contribution < -0.4 is 5.32 Å². The molecule has 144 valence electrons. The first kappa shape index (κ1) is 20.0. The topological polar surface area (TPSA) is 105 Å². The summed E-state index contributed by atoms with van der Waals surface area (Å²) in [6.07, 6.45) is 1.47. The quantitative estimate of drug-likeness (QED) is 0.613. The van der Waals surface area contributed by atoms with Gasteiger partial charge in [0.05, 0.1) is 11.5 Å². The number of likely N-dealkylation sites (tertiary alicyclic amines) is 1. The second-order valence-corrected chi connectivity index (χ2v) is 7.58. The molecule has 26 heavy (non-hydrogen) atoms. The molecular weight excluding hydrogens is 338 g/mol. The van der Waals surface area contributed by atoms with Crippen molar-refractivity contribution >= 4 is 17.5 Å².